The van der Waals surface area contributed by atoms with Crippen molar-refractivity contribution >= 4 is 11.9 Å². The summed E-state index contributed by atoms with van der Waals surface area (Å²) >= 11 is 0. The van der Waals surface area contributed by atoms with Crippen LogP contribution in [0.4, 0.5) is 11.9 Å². The molecular weight excluding hydrogens is 258 g/mol. The van der Waals surface area contributed by atoms with Crippen molar-refractivity contribution in [2.24, 2.45) is 0 Å². The van der Waals surface area contributed by atoms with Gasteiger partial charge in [0, 0.05) is 0 Å². The van der Waals surface area contributed by atoms with Crippen molar-refractivity contribution in [3.63, 3.8) is 0 Å². The Hall–Kier alpha value is -2.31. The number of ether oxygens (including phenoxy) is 1. The molecule has 0 aromatic carbocycles. The zero-order chi connectivity index (χ0) is 14.7. The first-order valence-electron chi connectivity index (χ1n) is 6.45. The fourth-order valence-electron chi connectivity index (χ4n) is 1.65. The van der Waals surface area contributed by atoms with Crippen LogP contribution < -0.4 is 15.8 Å². The quantitative estimate of drug-likeness (QED) is 0.865. The molecule has 2 heterocycles. The average Bonchev–Trinajstić information content (AvgIpc) is 2.74. The van der Waals surface area contributed by atoms with Gasteiger partial charge in [0.2, 0.25) is 11.9 Å². The minimum atomic E-state index is -0.0857. The molecule has 7 heteroatoms. The third-order valence-corrected chi connectivity index (χ3v) is 2.51. The third-order valence-electron chi connectivity index (χ3n) is 2.51. The number of nitrogen functional groups attached to an aromatic ring is 1. The number of nitrogens with two attached hydrogens (primary N) is 1. The molecule has 0 bridgehead atoms. The highest BCUT2D eigenvalue weighted by molar-refractivity contribution is 5.34. The van der Waals surface area contributed by atoms with Gasteiger partial charge >= 0.3 is 6.01 Å². The molecule has 2 aromatic heterocycles. The van der Waals surface area contributed by atoms with Crippen LogP contribution in [0.3, 0.4) is 0 Å². The monoisotopic (exact) mass is 277 g/mol. The predicted octanol–water partition coefficient (Wildman–Crippen LogP) is 2.32. The smallest absolute Gasteiger partial charge is 0.323 e. The second-order valence-corrected chi connectivity index (χ2v) is 4.78. The Kier molecular flexibility index (Phi) is 4.07. The van der Waals surface area contributed by atoms with Gasteiger partial charge < -0.3 is 20.2 Å². The number of furan rings is 1. The van der Waals surface area contributed by atoms with Crippen LogP contribution in [0.2, 0.25) is 0 Å². The second-order valence-electron chi connectivity index (χ2n) is 4.78. The van der Waals surface area contributed by atoms with E-state index < -0.39 is 0 Å². The Bertz CT molecular complexity index is 582. The van der Waals surface area contributed by atoms with E-state index in [0.29, 0.717) is 5.95 Å². The van der Waals surface area contributed by atoms with Crippen LogP contribution in [0.15, 0.2) is 16.5 Å². The van der Waals surface area contributed by atoms with Gasteiger partial charge in [-0.3, -0.25) is 0 Å². The van der Waals surface area contributed by atoms with Crippen LogP contribution in [0.5, 0.6) is 6.01 Å². The van der Waals surface area contributed by atoms with Gasteiger partial charge in [-0.05, 0) is 39.8 Å². The van der Waals surface area contributed by atoms with Gasteiger partial charge in [0.05, 0.1) is 12.1 Å². The lowest BCUT2D eigenvalue weighted by molar-refractivity contribution is 0.222. The number of nitrogens with zero attached hydrogens (tertiary/aromatic N) is 3. The van der Waals surface area contributed by atoms with Crippen molar-refractivity contribution in [2.45, 2.75) is 39.8 Å². The highest BCUT2D eigenvalue weighted by Crippen LogP contribution is 2.20. The maximum Gasteiger partial charge on any atom is 0.323 e. The Labute approximate surface area is 117 Å². The summed E-state index contributed by atoms with van der Waals surface area (Å²) in [6.07, 6.45) is -0.0326. The standard InChI is InChI=1S/C13H19N5O2/c1-7(2)19-13-17-11(14)16-12(18-13)15-9(4)10-6-5-8(3)20-10/h5-7,9H,1-4H3,(H3,14,15,16,17,18). The lowest BCUT2D eigenvalue weighted by Crippen LogP contribution is -2.14. The van der Waals surface area contributed by atoms with Gasteiger partial charge in [0.15, 0.2) is 0 Å². The molecule has 0 spiro atoms. The van der Waals surface area contributed by atoms with Crippen molar-refractivity contribution in [1.82, 2.24) is 15.0 Å². The zero-order valence-corrected chi connectivity index (χ0v) is 12.0. The molecule has 0 aliphatic heterocycles. The Morgan fingerprint density at radius 3 is 2.55 bits per heavy atom. The van der Waals surface area contributed by atoms with Crippen LogP contribution in [0.25, 0.3) is 0 Å². The molecule has 20 heavy (non-hydrogen) atoms. The number of nitrogens with one attached hydrogen (secondary N) is 1. The summed E-state index contributed by atoms with van der Waals surface area (Å²) < 4.78 is 11.0. The molecule has 0 aliphatic carbocycles. The minimum Gasteiger partial charge on any atom is -0.464 e. The Morgan fingerprint density at radius 2 is 1.95 bits per heavy atom. The molecule has 1 unspecified atom stereocenters. The summed E-state index contributed by atoms with van der Waals surface area (Å²) in [5, 5.41) is 3.11. The topological polar surface area (TPSA) is 99.1 Å². The Balaban J connectivity index is 2.14. The first-order valence-corrected chi connectivity index (χ1v) is 6.45. The van der Waals surface area contributed by atoms with Gasteiger partial charge in [-0.2, -0.15) is 15.0 Å². The van der Waals surface area contributed by atoms with Gasteiger partial charge in [0.25, 0.3) is 0 Å². The van der Waals surface area contributed by atoms with E-state index in [9.17, 15) is 0 Å². The molecule has 0 fully saturated rings. The number of anilines is 2. The van der Waals surface area contributed by atoms with Crippen LogP contribution >= 0.6 is 0 Å². The molecule has 7 nitrogen and oxygen atoms in total. The average molecular weight is 277 g/mol. The summed E-state index contributed by atoms with van der Waals surface area (Å²) in [6, 6.07) is 3.93. The van der Waals surface area contributed by atoms with E-state index in [-0.39, 0.29) is 24.1 Å². The van der Waals surface area contributed by atoms with Gasteiger partial charge in [-0.25, -0.2) is 0 Å². The first-order chi connectivity index (χ1) is 9.44. The molecule has 0 amide bonds. The van der Waals surface area contributed by atoms with Crippen molar-refractivity contribution in [3.8, 4) is 6.01 Å². The number of aromatic nitrogens is 3. The summed E-state index contributed by atoms with van der Waals surface area (Å²) in [6.45, 7) is 7.62. The van der Waals surface area contributed by atoms with Crippen LogP contribution in [-0.2, 0) is 0 Å². The highest BCUT2D eigenvalue weighted by Gasteiger charge is 2.13. The van der Waals surface area contributed by atoms with Crippen LogP contribution in [0, 0.1) is 6.92 Å². The van der Waals surface area contributed by atoms with Crippen molar-refractivity contribution in [1.29, 1.82) is 0 Å². The Morgan fingerprint density at radius 1 is 1.20 bits per heavy atom. The van der Waals surface area contributed by atoms with Crippen LogP contribution in [-0.4, -0.2) is 21.1 Å². The molecule has 0 saturated carbocycles. The molecule has 2 aromatic rings. The molecule has 3 N–H and O–H groups in total. The largest absolute Gasteiger partial charge is 0.464 e. The molecule has 0 radical (unpaired) electrons. The number of hydrogen-bond acceptors (Lipinski definition) is 7. The molecule has 108 valence electrons. The summed E-state index contributed by atoms with van der Waals surface area (Å²) in [5.41, 5.74) is 5.65. The minimum absolute atomic E-state index is 0.0326. The number of rotatable bonds is 5. The lowest BCUT2D eigenvalue weighted by atomic mass is 10.2. The summed E-state index contributed by atoms with van der Waals surface area (Å²) in [4.78, 5) is 12.1. The van der Waals surface area contributed by atoms with Gasteiger partial charge in [-0.15, -0.1) is 0 Å². The molecule has 1 atom stereocenters. The predicted molar refractivity (Wildman–Crippen MR) is 75.5 cm³/mol. The van der Waals surface area contributed by atoms with Crippen molar-refractivity contribution < 1.29 is 9.15 Å². The van der Waals surface area contributed by atoms with Crippen LogP contribution in [0.1, 0.15) is 38.3 Å². The maximum atomic E-state index is 5.65. The molecule has 2 rings (SSSR count). The fourth-order valence-corrected chi connectivity index (χ4v) is 1.65. The number of aryl methyl sites for hydroxylation is 1. The van der Waals surface area contributed by atoms with E-state index in [1.165, 1.54) is 0 Å². The normalized spacial score (nSPS) is 12.4. The fraction of sp³-hybridized carbons (Fsp3) is 0.462. The van der Waals surface area contributed by atoms with Gasteiger partial charge in [0.1, 0.15) is 11.5 Å². The van der Waals surface area contributed by atoms with Crippen molar-refractivity contribution in [2.75, 3.05) is 11.1 Å². The molecular formula is C13H19N5O2. The van der Waals surface area contributed by atoms with E-state index in [1.54, 1.807) is 0 Å². The molecule has 0 aliphatic rings. The third kappa shape index (κ3) is 3.59. The number of hydrogen-bond donors (Lipinski definition) is 2. The van der Waals surface area contributed by atoms with E-state index >= 15 is 0 Å². The lowest BCUT2D eigenvalue weighted by Gasteiger charge is -2.13. The maximum absolute atomic E-state index is 5.65. The van der Waals surface area contributed by atoms with E-state index in [4.69, 9.17) is 14.9 Å². The molecule has 0 saturated heterocycles. The zero-order valence-electron chi connectivity index (χ0n) is 12.0. The van der Waals surface area contributed by atoms with Crippen molar-refractivity contribution in [3.05, 3.63) is 23.7 Å². The van der Waals surface area contributed by atoms with E-state index in [0.717, 1.165) is 11.5 Å². The van der Waals surface area contributed by atoms with Gasteiger partial charge in [-0.1, -0.05) is 0 Å². The summed E-state index contributed by atoms with van der Waals surface area (Å²) in [5.74, 6) is 2.12. The first kappa shape index (κ1) is 14.1. The second kappa shape index (κ2) is 5.77. The van der Waals surface area contributed by atoms with E-state index in [1.807, 2.05) is 39.8 Å². The van der Waals surface area contributed by atoms with E-state index in [2.05, 4.69) is 20.3 Å². The summed E-state index contributed by atoms with van der Waals surface area (Å²) in [7, 11) is 0. The highest BCUT2D eigenvalue weighted by atomic mass is 16.5. The SMILES string of the molecule is Cc1ccc(C(C)Nc2nc(N)nc(OC(C)C)n2)o1.